The fourth-order valence-corrected chi connectivity index (χ4v) is 1.61. The molecule has 3 heteroatoms. The molecule has 0 aliphatic heterocycles. The van der Waals surface area contributed by atoms with Crippen LogP contribution in [0.1, 0.15) is 24.1 Å². The maximum Gasteiger partial charge on any atom is 0.145 e. The van der Waals surface area contributed by atoms with Crippen molar-refractivity contribution >= 4 is 0 Å². The first kappa shape index (κ1) is 8.51. The fourth-order valence-electron chi connectivity index (χ4n) is 1.61. The highest BCUT2D eigenvalue weighted by molar-refractivity contribution is 5.43. The van der Waals surface area contributed by atoms with Gasteiger partial charge in [-0.1, -0.05) is 0 Å². The summed E-state index contributed by atoms with van der Waals surface area (Å²) < 4.78 is 5.30. The van der Waals surface area contributed by atoms with E-state index >= 15 is 0 Å². The summed E-state index contributed by atoms with van der Waals surface area (Å²) in [5, 5.41) is 0. The van der Waals surface area contributed by atoms with Gasteiger partial charge < -0.3 is 10.5 Å². The van der Waals surface area contributed by atoms with Crippen molar-refractivity contribution in [2.75, 3.05) is 7.11 Å². The van der Waals surface area contributed by atoms with Crippen molar-refractivity contribution in [3.05, 3.63) is 23.5 Å². The molecule has 13 heavy (non-hydrogen) atoms. The maximum absolute atomic E-state index is 6.11. The summed E-state index contributed by atoms with van der Waals surface area (Å²) in [5.74, 6) is 0.850. The average Bonchev–Trinajstić information content (AvgIpc) is 2.85. The number of ether oxygens (including phenoxy) is 1. The summed E-state index contributed by atoms with van der Waals surface area (Å²) in [7, 11) is 1.67. The van der Waals surface area contributed by atoms with Gasteiger partial charge in [0.1, 0.15) is 5.75 Å². The Bertz CT molecular complexity index is 332. The van der Waals surface area contributed by atoms with E-state index in [0.717, 1.165) is 29.8 Å². The molecule has 2 N–H and O–H groups in total. The zero-order valence-electron chi connectivity index (χ0n) is 8.00. The van der Waals surface area contributed by atoms with Gasteiger partial charge in [-0.25, -0.2) is 0 Å². The van der Waals surface area contributed by atoms with Crippen LogP contribution in [0.25, 0.3) is 0 Å². The van der Waals surface area contributed by atoms with Crippen molar-refractivity contribution in [1.29, 1.82) is 0 Å². The quantitative estimate of drug-likeness (QED) is 0.743. The highest BCUT2D eigenvalue weighted by Gasteiger charge is 2.42. The Morgan fingerprint density at radius 3 is 2.77 bits per heavy atom. The Morgan fingerprint density at radius 2 is 2.23 bits per heavy atom. The molecule has 1 heterocycles. The van der Waals surface area contributed by atoms with Gasteiger partial charge in [0.25, 0.3) is 0 Å². The van der Waals surface area contributed by atoms with E-state index in [4.69, 9.17) is 10.5 Å². The van der Waals surface area contributed by atoms with Crippen LogP contribution in [0.3, 0.4) is 0 Å². The zero-order chi connectivity index (χ0) is 9.47. The van der Waals surface area contributed by atoms with Gasteiger partial charge in [-0.3, -0.25) is 4.98 Å². The largest absolute Gasteiger partial charge is 0.494 e. The van der Waals surface area contributed by atoms with Gasteiger partial charge in [0.05, 0.1) is 12.8 Å². The molecule has 2 rings (SSSR count). The van der Waals surface area contributed by atoms with Crippen LogP contribution >= 0.6 is 0 Å². The third-order valence-electron chi connectivity index (χ3n) is 2.61. The van der Waals surface area contributed by atoms with E-state index < -0.39 is 0 Å². The Kier molecular flexibility index (Phi) is 1.77. The minimum absolute atomic E-state index is 0.140. The molecule has 1 saturated carbocycles. The van der Waals surface area contributed by atoms with Crippen molar-refractivity contribution < 1.29 is 4.74 Å². The van der Waals surface area contributed by atoms with E-state index in [1.165, 1.54) is 0 Å². The normalized spacial score (nSPS) is 18.4. The van der Waals surface area contributed by atoms with Crippen LogP contribution in [0.5, 0.6) is 5.75 Å². The third kappa shape index (κ3) is 1.29. The summed E-state index contributed by atoms with van der Waals surface area (Å²) in [6.45, 7) is 1.94. The molecule has 1 fully saturated rings. The first-order chi connectivity index (χ1) is 6.17. The molecule has 1 aliphatic carbocycles. The highest BCUT2D eigenvalue weighted by Crippen LogP contribution is 2.46. The molecule has 0 amide bonds. The zero-order valence-corrected chi connectivity index (χ0v) is 8.00. The Morgan fingerprint density at radius 1 is 1.54 bits per heavy atom. The lowest BCUT2D eigenvalue weighted by Gasteiger charge is -2.15. The predicted octanol–water partition coefficient (Wildman–Crippen LogP) is 1.35. The van der Waals surface area contributed by atoms with Crippen LogP contribution in [0.2, 0.25) is 0 Å². The molecular formula is C10H14N2O. The van der Waals surface area contributed by atoms with Crippen LogP contribution in [-0.2, 0) is 5.54 Å². The van der Waals surface area contributed by atoms with E-state index in [2.05, 4.69) is 4.98 Å². The number of methoxy groups -OCH3 is 1. The van der Waals surface area contributed by atoms with Crippen molar-refractivity contribution in [1.82, 2.24) is 4.98 Å². The van der Waals surface area contributed by atoms with E-state index in [9.17, 15) is 0 Å². The predicted molar refractivity (Wildman–Crippen MR) is 50.6 cm³/mol. The van der Waals surface area contributed by atoms with Gasteiger partial charge in [-0.05, 0) is 25.8 Å². The van der Waals surface area contributed by atoms with Gasteiger partial charge >= 0.3 is 0 Å². The summed E-state index contributed by atoms with van der Waals surface area (Å²) in [4.78, 5) is 4.17. The fraction of sp³-hybridized carbons (Fsp3) is 0.500. The Labute approximate surface area is 77.9 Å². The van der Waals surface area contributed by atoms with Crippen molar-refractivity contribution in [3.63, 3.8) is 0 Å². The summed E-state index contributed by atoms with van der Waals surface area (Å²) in [6, 6.07) is 1.96. The topological polar surface area (TPSA) is 48.1 Å². The number of hydrogen-bond acceptors (Lipinski definition) is 3. The molecule has 1 aromatic heterocycles. The minimum atomic E-state index is -0.140. The summed E-state index contributed by atoms with van der Waals surface area (Å²) >= 11 is 0. The number of nitrogens with zero attached hydrogens (tertiary/aromatic N) is 1. The summed E-state index contributed by atoms with van der Waals surface area (Å²) in [5.41, 5.74) is 7.98. The van der Waals surface area contributed by atoms with Gasteiger partial charge in [-0.2, -0.15) is 0 Å². The van der Waals surface area contributed by atoms with Crippen LogP contribution in [-0.4, -0.2) is 12.1 Å². The molecule has 0 atom stereocenters. The molecular weight excluding hydrogens is 164 g/mol. The van der Waals surface area contributed by atoms with E-state index in [1.54, 1.807) is 13.3 Å². The van der Waals surface area contributed by atoms with Gasteiger partial charge in [-0.15, -0.1) is 0 Å². The minimum Gasteiger partial charge on any atom is -0.494 e. The number of aryl methyl sites for hydroxylation is 1. The monoisotopic (exact) mass is 178 g/mol. The molecule has 0 spiro atoms. The standard InChI is InChI=1S/C10H14N2O/c1-7-9(13-2)8(3-6-12-7)10(11)4-5-10/h3,6H,4-5,11H2,1-2H3. The molecule has 1 aliphatic rings. The van der Waals surface area contributed by atoms with Crippen molar-refractivity contribution in [3.8, 4) is 5.75 Å². The third-order valence-corrected chi connectivity index (χ3v) is 2.61. The smallest absolute Gasteiger partial charge is 0.145 e. The molecule has 1 aromatic rings. The van der Waals surface area contributed by atoms with Crippen LogP contribution in [0, 0.1) is 6.92 Å². The Balaban J connectivity index is 2.50. The lowest BCUT2D eigenvalue weighted by Crippen LogP contribution is -2.20. The average molecular weight is 178 g/mol. The van der Waals surface area contributed by atoms with E-state index in [0.29, 0.717) is 0 Å². The number of hydrogen-bond donors (Lipinski definition) is 1. The molecule has 0 unspecified atom stereocenters. The van der Waals surface area contributed by atoms with E-state index in [-0.39, 0.29) is 5.54 Å². The molecule has 3 nitrogen and oxygen atoms in total. The van der Waals surface area contributed by atoms with Gasteiger partial charge in [0.2, 0.25) is 0 Å². The number of rotatable bonds is 2. The van der Waals surface area contributed by atoms with Crippen LogP contribution in [0.15, 0.2) is 12.3 Å². The maximum atomic E-state index is 6.11. The lowest BCUT2D eigenvalue weighted by molar-refractivity contribution is 0.398. The molecule has 0 radical (unpaired) electrons. The van der Waals surface area contributed by atoms with Crippen LogP contribution < -0.4 is 10.5 Å². The molecule has 0 aromatic carbocycles. The van der Waals surface area contributed by atoms with Gasteiger partial charge in [0.15, 0.2) is 0 Å². The van der Waals surface area contributed by atoms with Crippen molar-refractivity contribution in [2.24, 2.45) is 5.73 Å². The highest BCUT2D eigenvalue weighted by atomic mass is 16.5. The second-order valence-corrected chi connectivity index (χ2v) is 3.63. The second kappa shape index (κ2) is 2.70. The van der Waals surface area contributed by atoms with Crippen molar-refractivity contribution in [2.45, 2.75) is 25.3 Å². The number of aromatic nitrogens is 1. The molecule has 0 bridgehead atoms. The van der Waals surface area contributed by atoms with Gasteiger partial charge in [0, 0.05) is 17.3 Å². The first-order valence-electron chi connectivity index (χ1n) is 4.46. The first-order valence-corrected chi connectivity index (χ1v) is 4.46. The molecule has 0 saturated heterocycles. The van der Waals surface area contributed by atoms with Crippen LogP contribution in [0.4, 0.5) is 0 Å². The number of nitrogens with two attached hydrogens (primary N) is 1. The summed E-state index contributed by atoms with van der Waals surface area (Å²) in [6.07, 6.45) is 3.89. The lowest BCUT2D eigenvalue weighted by atomic mass is 10.1. The SMILES string of the molecule is COc1c(C2(N)CC2)ccnc1C. The second-order valence-electron chi connectivity index (χ2n) is 3.63. The molecule has 70 valence electrons. The Hall–Kier alpha value is -1.09. The van der Waals surface area contributed by atoms with E-state index in [1.807, 2.05) is 13.0 Å². The number of pyridine rings is 1.